The van der Waals surface area contributed by atoms with Gasteiger partial charge in [0, 0.05) is 37.2 Å². The predicted molar refractivity (Wildman–Crippen MR) is 156 cm³/mol. The van der Waals surface area contributed by atoms with E-state index in [2.05, 4.69) is 30.3 Å². The average Bonchev–Trinajstić information content (AvgIpc) is 3.61. The zero-order valence-electron chi connectivity index (χ0n) is 25.0. The van der Waals surface area contributed by atoms with Crippen LogP contribution in [0, 0.1) is 0 Å². The normalized spacial score (nSPS) is 12.1. The molecule has 5 aromatic rings. The van der Waals surface area contributed by atoms with Gasteiger partial charge in [-0.05, 0) is 24.3 Å². The highest BCUT2D eigenvalue weighted by atomic mass is 32.2. The predicted octanol–water partition coefficient (Wildman–Crippen LogP) is 2.38. The second-order valence-electron chi connectivity index (χ2n) is 10.2. The number of nitrogens with zero attached hydrogens (tertiary/aromatic N) is 7. The molecule has 3 heterocycles. The van der Waals surface area contributed by atoms with Gasteiger partial charge < -0.3 is 15.5 Å². The van der Waals surface area contributed by atoms with Gasteiger partial charge in [-0.25, -0.2) is 22.6 Å². The number of hydrogen-bond donors (Lipinski definition) is 2. The number of ether oxygens (including phenoxy) is 1. The summed E-state index contributed by atoms with van der Waals surface area (Å²) in [4.78, 5) is 38.2. The van der Waals surface area contributed by atoms with Crippen molar-refractivity contribution in [1.29, 1.82) is 0 Å². The molecule has 256 valence electrons. The number of nitrogens with one attached hydrogen (secondary N) is 1. The number of aromatic amines is 1. The molecule has 0 amide bonds. The van der Waals surface area contributed by atoms with Crippen LogP contribution in [0.4, 0.5) is 32.0 Å². The summed E-state index contributed by atoms with van der Waals surface area (Å²) in [6, 6.07) is 3.23. The summed E-state index contributed by atoms with van der Waals surface area (Å²) >= 11 is 0. The maximum Gasteiger partial charge on any atom is 0.417 e. The van der Waals surface area contributed by atoms with Crippen LogP contribution < -0.4 is 17.0 Å². The van der Waals surface area contributed by atoms with Crippen molar-refractivity contribution < 1.29 is 44.3 Å². The summed E-state index contributed by atoms with van der Waals surface area (Å²) in [5.41, 5.74) is -0.464. The molecule has 0 bridgehead atoms. The van der Waals surface area contributed by atoms with Crippen LogP contribution in [-0.2, 0) is 46.9 Å². The number of sulfone groups is 1. The fourth-order valence-corrected chi connectivity index (χ4v) is 5.09. The van der Waals surface area contributed by atoms with Gasteiger partial charge in [0.1, 0.15) is 17.3 Å². The van der Waals surface area contributed by atoms with Crippen molar-refractivity contribution in [2.24, 2.45) is 14.1 Å². The van der Waals surface area contributed by atoms with Crippen LogP contribution in [0.15, 0.2) is 46.2 Å². The summed E-state index contributed by atoms with van der Waals surface area (Å²) < 4.78 is 110. The minimum absolute atomic E-state index is 0.0185. The highest BCUT2D eigenvalue weighted by Crippen LogP contribution is 2.39. The standard InChI is InChI=1S/C14H12F3N5O4S.C12H11F3N4O2/c1-21-5-11(19-20-21)7-3-8-10(4-9(7)14(15,16)17)18-13(24)22(12(8)23)6-27(2,25)26;1-19-5-10(17-18-19)6-3-7(11(20)21-2)9(16)4-8(6)12(13,14)15/h3-5H,6H2,1-2H3,(H,18,24);3-5H,16H2,1-2H3. The van der Waals surface area contributed by atoms with Crippen molar-refractivity contribution >= 4 is 32.4 Å². The van der Waals surface area contributed by atoms with E-state index in [4.69, 9.17) is 5.73 Å². The molecule has 15 nitrogen and oxygen atoms in total. The van der Waals surface area contributed by atoms with Crippen LogP contribution in [0.5, 0.6) is 0 Å². The molecule has 48 heavy (non-hydrogen) atoms. The van der Waals surface area contributed by atoms with Crippen LogP contribution in [-0.4, -0.2) is 67.3 Å². The van der Waals surface area contributed by atoms with Crippen LogP contribution in [0.3, 0.4) is 0 Å². The number of rotatable bonds is 5. The third-order valence-electron chi connectivity index (χ3n) is 6.45. The van der Waals surface area contributed by atoms with E-state index in [1.54, 1.807) is 0 Å². The van der Waals surface area contributed by atoms with Gasteiger partial charge in [-0.3, -0.25) is 14.2 Å². The number of hydrogen-bond acceptors (Lipinski definition) is 11. The Bertz CT molecular complexity index is 2270. The second kappa shape index (κ2) is 12.6. The second-order valence-corrected chi connectivity index (χ2v) is 12.3. The van der Waals surface area contributed by atoms with Crippen molar-refractivity contribution in [1.82, 2.24) is 39.5 Å². The van der Waals surface area contributed by atoms with E-state index in [1.165, 1.54) is 35.9 Å². The van der Waals surface area contributed by atoms with E-state index >= 15 is 0 Å². The van der Waals surface area contributed by atoms with Gasteiger partial charge in [-0.15, -0.1) is 10.2 Å². The molecule has 0 saturated carbocycles. The summed E-state index contributed by atoms with van der Waals surface area (Å²) in [5.74, 6) is -1.73. The molecule has 0 unspecified atom stereocenters. The minimum atomic E-state index is -4.79. The number of halogens is 6. The Balaban J connectivity index is 0.000000224. The van der Waals surface area contributed by atoms with E-state index in [0.717, 1.165) is 25.5 Å². The molecule has 0 radical (unpaired) electrons. The van der Waals surface area contributed by atoms with Gasteiger partial charge >= 0.3 is 24.0 Å². The Kier molecular flexibility index (Phi) is 9.25. The molecular formula is C26H23F6N9O6S. The highest BCUT2D eigenvalue weighted by molar-refractivity contribution is 7.89. The minimum Gasteiger partial charge on any atom is -0.465 e. The number of esters is 1. The van der Waals surface area contributed by atoms with Crippen molar-refractivity contribution in [3.05, 3.63) is 74.2 Å². The van der Waals surface area contributed by atoms with Gasteiger partial charge in [0.2, 0.25) is 0 Å². The van der Waals surface area contributed by atoms with Crippen LogP contribution in [0.2, 0.25) is 0 Å². The Morgan fingerprint density at radius 2 is 1.40 bits per heavy atom. The van der Waals surface area contributed by atoms with Crippen LogP contribution in [0.25, 0.3) is 33.4 Å². The molecule has 0 fully saturated rings. The lowest BCUT2D eigenvalue weighted by Crippen LogP contribution is -2.37. The number of benzene rings is 2. The molecule has 3 aromatic heterocycles. The van der Waals surface area contributed by atoms with Gasteiger partial charge in [0.25, 0.3) is 5.56 Å². The van der Waals surface area contributed by atoms with Crippen LogP contribution in [0.1, 0.15) is 21.5 Å². The molecule has 3 N–H and O–H groups in total. The van der Waals surface area contributed by atoms with E-state index in [1.807, 2.05) is 0 Å². The number of anilines is 1. The fourth-order valence-electron chi connectivity index (χ4n) is 4.39. The van der Waals surface area contributed by atoms with E-state index in [-0.39, 0.29) is 39.1 Å². The first-order valence-corrected chi connectivity index (χ1v) is 15.0. The number of carbonyl (C=O) groups is 1. The summed E-state index contributed by atoms with van der Waals surface area (Å²) in [6.45, 7) is 0. The molecule has 0 aliphatic heterocycles. The molecule has 0 atom stereocenters. The SMILES string of the molecule is COC(=O)c1cc(-c2cn(C)nn2)c(C(F)(F)F)cc1N.Cn1cc(-c2cc3c(=O)n(CS(C)(=O)=O)c(=O)[nH]c3cc2C(F)(F)F)nn1. The highest BCUT2D eigenvalue weighted by Gasteiger charge is 2.37. The van der Waals surface area contributed by atoms with Crippen LogP contribution >= 0.6 is 0 Å². The fraction of sp³-hybridized carbons (Fsp3) is 0.269. The average molecular weight is 704 g/mol. The number of H-pyrrole nitrogens is 1. The van der Waals surface area contributed by atoms with Gasteiger partial charge in [0.05, 0.1) is 47.1 Å². The zero-order valence-corrected chi connectivity index (χ0v) is 25.8. The lowest BCUT2D eigenvalue weighted by molar-refractivity contribution is -0.137. The molecule has 2 aromatic carbocycles. The lowest BCUT2D eigenvalue weighted by atomic mass is 9.99. The van der Waals surface area contributed by atoms with E-state index in [9.17, 15) is 49.1 Å². The maximum absolute atomic E-state index is 13.5. The number of aromatic nitrogens is 8. The van der Waals surface area contributed by atoms with Crippen molar-refractivity contribution in [3.8, 4) is 22.5 Å². The topological polar surface area (TPSA) is 203 Å². The van der Waals surface area contributed by atoms with Crippen molar-refractivity contribution in [3.63, 3.8) is 0 Å². The summed E-state index contributed by atoms with van der Waals surface area (Å²) in [5, 5.41) is 14.1. The Morgan fingerprint density at radius 3 is 1.83 bits per heavy atom. The quantitative estimate of drug-likeness (QED) is 0.155. The number of carbonyl (C=O) groups excluding carboxylic acids is 1. The van der Waals surface area contributed by atoms with Gasteiger partial charge in [-0.2, -0.15) is 26.3 Å². The van der Waals surface area contributed by atoms with E-state index < -0.39 is 62.0 Å². The Morgan fingerprint density at radius 1 is 0.896 bits per heavy atom. The summed E-state index contributed by atoms with van der Waals surface area (Å²) in [7, 11) is 0.345. The number of methoxy groups -OCH3 is 1. The molecule has 5 rings (SSSR count). The Labute approximate surface area is 264 Å². The number of fused-ring (bicyclic) bond motifs is 1. The number of alkyl halides is 6. The molecule has 22 heteroatoms. The van der Waals surface area contributed by atoms with Crippen molar-refractivity contribution in [2.45, 2.75) is 18.2 Å². The van der Waals surface area contributed by atoms with Gasteiger partial charge in [-0.1, -0.05) is 10.4 Å². The molecule has 0 aliphatic rings. The maximum atomic E-state index is 13.5. The largest absolute Gasteiger partial charge is 0.465 e. The third kappa shape index (κ3) is 7.53. The third-order valence-corrected chi connectivity index (χ3v) is 7.17. The summed E-state index contributed by atoms with van der Waals surface area (Å²) in [6.07, 6.45) is -6.07. The van der Waals surface area contributed by atoms with E-state index in [0.29, 0.717) is 16.7 Å². The molecule has 0 saturated heterocycles. The smallest absolute Gasteiger partial charge is 0.417 e. The number of aryl methyl sites for hydroxylation is 2. The van der Waals surface area contributed by atoms with Gasteiger partial charge in [0.15, 0.2) is 9.84 Å². The van der Waals surface area contributed by atoms with Crippen molar-refractivity contribution in [2.75, 3.05) is 19.1 Å². The number of nitrogens with two attached hydrogens (primary N) is 1. The first kappa shape index (κ1) is 35.3. The first-order chi connectivity index (χ1) is 22.1. The molecule has 0 spiro atoms. The first-order valence-electron chi connectivity index (χ1n) is 13.0. The molecule has 0 aliphatic carbocycles. The Hall–Kier alpha value is -5.54. The molecular weight excluding hydrogens is 680 g/mol. The zero-order chi connectivity index (χ0) is 35.9. The lowest BCUT2D eigenvalue weighted by Gasteiger charge is -2.14. The number of nitrogen functional groups attached to an aromatic ring is 1. The monoisotopic (exact) mass is 703 g/mol.